The number of halogens is 2. The van der Waals surface area contributed by atoms with Gasteiger partial charge >= 0.3 is 5.97 Å². The number of carbonyl (C=O) groups is 1. The summed E-state index contributed by atoms with van der Waals surface area (Å²) in [5.74, 6) is -0.733. The molecule has 0 unspecified atom stereocenters. The Kier molecular flexibility index (Phi) is 6.29. The molecule has 0 spiro atoms. The van der Waals surface area contributed by atoms with Gasteiger partial charge in [-0.05, 0) is 41.5 Å². The molecule has 2 aromatic rings. The van der Waals surface area contributed by atoms with E-state index in [4.69, 9.17) is 37.8 Å². The highest BCUT2D eigenvalue weighted by Crippen LogP contribution is 2.37. The monoisotopic (exact) mass is 377 g/mol. The van der Waals surface area contributed by atoms with Crippen LogP contribution in [0.4, 0.5) is 0 Å². The Morgan fingerprint density at radius 3 is 2.68 bits per heavy atom. The molecule has 2 rings (SSSR count). The topological polar surface area (TPSA) is 79.5 Å². The number of hydrogen-bond acceptors (Lipinski definition) is 4. The maximum Gasteiger partial charge on any atom is 0.341 e. The van der Waals surface area contributed by atoms with Gasteiger partial charge in [-0.2, -0.15) is 5.26 Å². The first-order valence-corrected chi connectivity index (χ1v) is 7.80. The number of methoxy groups -OCH3 is 1. The first-order valence-electron chi connectivity index (χ1n) is 7.04. The number of aliphatic carboxylic acids is 1. The molecule has 2 aromatic carbocycles. The first-order chi connectivity index (χ1) is 11.9. The van der Waals surface area contributed by atoms with Crippen molar-refractivity contribution >= 4 is 40.8 Å². The molecule has 0 radical (unpaired) electrons. The molecule has 0 aliphatic carbocycles. The summed E-state index contributed by atoms with van der Waals surface area (Å²) in [6, 6.07) is 12.2. The molecule has 0 heterocycles. The molecular weight excluding hydrogens is 365 g/mol. The fourth-order valence-electron chi connectivity index (χ4n) is 2.10. The van der Waals surface area contributed by atoms with E-state index in [1.165, 1.54) is 7.11 Å². The van der Waals surface area contributed by atoms with Crippen LogP contribution in [0.1, 0.15) is 11.1 Å². The predicted octanol–water partition coefficient (Wildman–Crippen LogP) is 4.53. The summed E-state index contributed by atoms with van der Waals surface area (Å²) in [7, 11) is 1.41. The van der Waals surface area contributed by atoms with Crippen molar-refractivity contribution in [2.24, 2.45) is 0 Å². The third-order valence-corrected chi connectivity index (χ3v) is 3.67. The number of carboxylic acids is 1. The van der Waals surface area contributed by atoms with E-state index in [-0.39, 0.29) is 16.5 Å². The van der Waals surface area contributed by atoms with Gasteiger partial charge in [-0.25, -0.2) is 4.79 Å². The molecule has 7 heteroatoms. The van der Waals surface area contributed by atoms with E-state index >= 15 is 0 Å². The van der Waals surface area contributed by atoms with E-state index in [1.54, 1.807) is 42.5 Å². The smallest absolute Gasteiger partial charge is 0.341 e. The maximum atomic E-state index is 10.7. The van der Waals surface area contributed by atoms with Gasteiger partial charge in [-0.3, -0.25) is 0 Å². The minimum Gasteiger partial charge on any atom is -0.493 e. The van der Waals surface area contributed by atoms with Gasteiger partial charge in [-0.1, -0.05) is 35.3 Å². The number of nitriles is 1. The summed E-state index contributed by atoms with van der Waals surface area (Å²) in [5.41, 5.74) is 1.65. The normalized spacial score (nSPS) is 10.9. The van der Waals surface area contributed by atoms with Crippen LogP contribution in [0.2, 0.25) is 10.0 Å². The standard InChI is InChI=1S/C18H13Cl2NO4/c1-24-16-7-11(6-15(20)18(16)25-10-17(22)23)5-13(9-21)12-3-2-4-14(19)8-12/h2-8H,10H2,1H3,(H,22,23)/b13-5-. The molecule has 0 aromatic heterocycles. The number of hydrogen-bond donors (Lipinski definition) is 1. The third kappa shape index (κ3) is 4.90. The Morgan fingerprint density at radius 2 is 2.08 bits per heavy atom. The average molecular weight is 378 g/mol. The Labute approximate surface area is 154 Å². The van der Waals surface area contributed by atoms with Crippen molar-refractivity contribution in [3.8, 4) is 17.6 Å². The molecular formula is C18H13Cl2NO4. The van der Waals surface area contributed by atoms with Crippen LogP contribution in [-0.2, 0) is 4.79 Å². The molecule has 0 bridgehead atoms. The zero-order chi connectivity index (χ0) is 18.4. The van der Waals surface area contributed by atoms with Crippen LogP contribution < -0.4 is 9.47 Å². The van der Waals surface area contributed by atoms with Crippen molar-refractivity contribution in [1.82, 2.24) is 0 Å². The Morgan fingerprint density at radius 1 is 1.32 bits per heavy atom. The van der Waals surface area contributed by atoms with E-state index in [9.17, 15) is 10.1 Å². The van der Waals surface area contributed by atoms with Crippen molar-refractivity contribution < 1.29 is 19.4 Å². The maximum absolute atomic E-state index is 10.7. The van der Waals surface area contributed by atoms with Crippen LogP contribution >= 0.6 is 23.2 Å². The van der Waals surface area contributed by atoms with Crippen LogP contribution in [0.5, 0.6) is 11.5 Å². The van der Waals surface area contributed by atoms with Gasteiger partial charge in [0.25, 0.3) is 0 Å². The molecule has 25 heavy (non-hydrogen) atoms. The molecule has 5 nitrogen and oxygen atoms in total. The largest absolute Gasteiger partial charge is 0.493 e. The third-order valence-electron chi connectivity index (χ3n) is 3.16. The second-order valence-electron chi connectivity index (χ2n) is 4.90. The summed E-state index contributed by atoms with van der Waals surface area (Å²) in [4.78, 5) is 10.7. The van der Waals surface area contributed by atoms with Crippen molar-refractivity contribution in [1.29, 1.82) is 5.26 Å². The summed E-state index contributed by atoms with van der Waals surface area (Å²) in [5, 5.41) is 18.8. The highest BCUT2D eigenvalue weighted by molar-refractivity contribution is 6.32. The molecule has 0 amide bonds. The highest BCUT2D eigenvalue weighted by Gasteiger charge is 2.13. The van der Waals surface area contributed by atoms with Crippen molar-refractivity contribution in [3.05, 3.63) is 57.6 Å². The molecule has 1 N–H and O–H groups in total. The van der Waals surface area contributed by atoms with Crippen molar-refractivity contribution in [2.75, 3.05) is 13.7 Å². The molecule has 0 saturated heterocycles. The fraction of sp³-hybridized carbons (Fsp3) is 0.111. The van der Waals surface area contributed by atoms with E-state index in [1.807, 2.05) is 0 Å². The minimum atomic E-state index is -1.13. The lowest BCUT2D eigenvalue weighted by Crippen LogP contribution is -2.10. The van der Waals surface area contributed by atoms with E-state index < -0.39 is 12.6 Å². The zero-order valence-electron chi connectivity index (χ0n) is 13.1. The molecule has 0 saturated carbocycles. The summed E-state index contributed by atoms with van der Waals surface area (Å²) in [6.07, 6.45) is 1.63. The van der Waals surface area contributed by atoms with E-state index in [0.717, 1.165) is 0 Å². The van der Waals surface area contributed by atoms with Gasteiger partial charge < -0.3 is 14.6 Å². The Hall–Kier alpha value is -2.68. The molecule has 0 fully saturated rings. The number of allylic oxidation sites excluding steroid dienone is 1. The van der Waals surface area contributed by atoms with Gasteiger partial charge in [0, 0.05) is 5.02 Å². The predicted molar refractivity (Wildman–Crippen MR) is 96.1 cm³/mol. The number of benzene rings is 2. The number of nitrogens with zero attached hydrogens (tertiary/aromatic N) is 1. The second-order valence-corrected chi connectivity index (χ2v) is 5.74. The van der Waals surface area contributed by atoms with Crippen molar-refractivity contribution in [3.63, 3.8) is 0 Å². The number of carboxylic acid groups (broad SMARTS) is 1. The van der Waals surface area contributed by atoms with Crippen LogP contribution in [0.15, 0.2) is 36.4 Å². The molecule has 0 aliphatic heterocycles. The lowest BCUT2D eigenvalue weighted by molar-refractivity contribution is -0.139. The molecule has 128 valence electrons. The van der Waals surface area contributed by atoms with Crippen LogP contribution in [0.3, 0.4) is 0 Å². The summed E-state index contributed by atoms with van der Waals surface area (Å²) >= 11 is 12.1. The van der Waals surface area contributed by atoms with E-state index in [2.05, 4.69) is 6.07 Å². The van der Waals surface area contributed by atoms with Crippen molar-refractivity contribution in [2.45, 2.75) is 0 Å². The minimum absolute atomic E-state index is 0.130. The summed E-state index contributed by atoms with van der Waals surface area (Å²) < 4.78 is 10.4. The van der Waals surface area contributed by atoms with E-state index in [0.29, 0.717) is 21.7 Å². The Bertz CT molecular complexity index is 872. The van der Waals surface area contributed by atoms with Crippen LogP contribution in [0.25, 0.3) is 11.6 Å². The van der Waals surface area contributed by atoms with Crippen LogP contribution in [0, 0.1) is 11.3 Å². The second kappa shape index (κ2) is 8.43. The fourth-order valence-corrected chi connectivity index (χ4v) is 2.56. The highest BCUT2D eigenvalue weighted by atomic mass is 35.5. The van der Waals surface area contributed by atoms with Gasteiger partial charge in [-0.15, -0.1) is 0 Å². The quantitative estimate of drug-likeness (QED) is 0.590. The molecule has 0 atom stereocenters. The number of ether oxygens (including phenoxy) is 2. The lowest BCUT2D eigenvalue weighted by Gasteiger charge is -2.12. The zero-order valence-corrected chi connectivity index (χ0v) is 14.6. The van der Waals surface area contributed by atoms with Gasteiger partial charge in [0.15, 0.2) is 18.1 Å². The van der Waals surface area contributed by atoms with Crippen LogP contribution in [-0.4, -0.2) is 24.8 Å². The SMILES string of the molecule is COc1cc(/C=C(/C#N)c2cccc(Cl)c2)cc(Cl)c1OCC(=O)O. The molecule has 0 aliphatic rings. The average Bonchev–Trinajstić information content (AvgIpc) is 2.58. The number of rotatable bonds is 6. The van der Waals surface area contributed by atoms with Gasteiger partial charge in [0.1, 0.15) is 0 Å². The summed E-state index contributed by atoms with van der Waals surface area (Å²) in [6.45, 7) is -0.544. The Balaban J connectivity index is 2.43. The first kappa shape index (κ1) is 18.7. The van der Waals surface area contributed by atoms with Gasteiger partial charge in [0.2, 0.25) is 0 Å². The van der Waals surface area contributed by atoms with Gasteiger partial charge in [0.05, 0.1) is 23.8 Å². The lowest BCUT2D eigenvalue weighted by atomic mass is 10.0.